The van der Waals surface area contributed by atoms with Crippen molar-refractivity contribution in [1.29, 1.82) is 0 Å². The lowest BCUT2D eigenvalue weighted by atomic mass is 10.1. The number of hydrogen-bond donors (Lipinski definition) is 2. The molecule has 1 atom stereocenters. The minimum atomic E-state index is -0.226. The molecule has 0 saturated carbocycles. The maximum absolute atomic E-state index is 9.37. The number of allylic oxidation sites excluding steroid dienone is 4. The summed E-state index contributed by atoms with van der Waals surface area (Å²) in [6, 6.07) is 0. The summed E-state index contributed by atoms with van der Waals surface area (Å²) in [5.74, 6) is -0.0743. The second-order valence-electron chi connectivity index (χ2n) is 2.48. The lowest BCUT2D eigenvalue weighted by Crippen LogP contribution is -2.01. The fourth-order valence-electron chi connectivity index (χ4n) is 0.955. The zero-order chi connectivity index (χ0) is 8.97. The highest BCUT2D eigenvalue weighted by molar-refractivity contribution is 5.67. The van der Waals surface area contributed by atoms with Gasteiger partial charge in [-0.15, -0.1) is 0 Å². The predicted molar refractivity (Wildman–Crippen MR) is 48.5 cm³/mol. The quantitative estimate of drug-likeness (QED) is 0.581. The Morgan fingerprint density at radius 1 is 1.50 bits per heavy atom. The summed E-state index contributed by atoms with van der Waals surface area (Å²) in [7, 11) is 1.64. The zero-order valence-electron chi connectivity index (χ0n) is 6.81. The fourth-order valence-corrected chi connectivity index (χ4v) is 0.955. The molecular weight excluding hydrogens is 154 g/mol. The topological polar surface area (TPSA) is 52.8 Å². The molecule has 0 fully saturated rings. The van der Waals surface area contributed by atoms with Crippen LogP contribution in [0.15, 0.2) is 40.8 Å². The lowest BCUT2D eigenvalue weighted by Gasteiger charge is -2.03. The molecular formula is C9H11NO2. The molecule has 2 N–H and O–H groups in total. The van der Waals surface area contributed by atoms with E-state index in [-0.39, 0.29) is 17.4 Å². The van der Waals surface area contributed by atoms with Crippen molar-refractivity contribution >= 4 is 6.21 Å². The third-order valence-corrected chi connectivity index (χ3v) is 1.53. The van der Waals surface area contributed by atoms with Crippen LogP contribution in [-0.4, -0.2) is 23.5 Å². The van der Waals surface area contributed by atoms with E-state index in [0.29, 0.717) is 0 Å². The number of aliphatic imine (C=N–C) groups is 1. The first-order valence-corrected chi connectivity index (χ1v) is 3.64. The Bertz CT molecular complexity index is 274. The molecule has 0 bridgehead atoms. The second-order valence-corrected chi connectivity index (χ2v) is 2.48. The molecule has 0 spiro atoms. The highest BCUT2D eigenvalue weighted by Gasteiger charge is 2.08. The van der Waals surface area contributed by atoms with E-state index in [2.05, 4.69) is 4.99 Å². The van der Waals surface area contributed by atoms with Crippen LogP contribution in [-0.2, 0) is 0 Å². The van der Waals surface area contributed by atoms with Gasteiger partial charge in [0, 0.05) is 19.3 Å². The molecule has 0 amide bonds. The van der Waals surface area contributed by atoms with Crippen molar-refractivity contribution in [3.63, 3.8) is 0 Å². The molecule has 0 aromatic rings. The molecule has 0 radical (unpaired) electrons. The van der Waals surface area contributed by atoms with Crippen LogP contribution >= 0.6 is 0 Å². The first kappa shape index (κ1) is 8.59. The van der Waals surface area contributed by atoms with Crippen LogP contribution in [0.25, 0.3) is 0 Å². The standard InChI is InChI=1S/C9H11NO2/c1-10-6-7-3-2-4-8(11)5-9(7)12/h2-7,11-12H,1H3. The summed E-state index contributed by atoms with van der Waals surface area (Å²) < 4.78 is 0. The van der Waals surface area contributed by atoms with Crippen LogP contribution in [0, 0.1) is 5.92 Å². The van der Waals surface area contributed by atoms with Gasteiger partial charge in [-0.2, -0.15) is 0 Å². The molecule has 1 aliphatic rings. The van der Waals surface area contributed by atoms with E-state index in [1.807, 2.05) is 0 Å². The van der Waals surface area contributed by atoms with Crippen molar-refractivity contribution < 1.29 is 10.2 Å². The van der Waals surface area contributed by atoms with Crippen molar-refractivity contribution in [2.75, 3.05) is 7.05 Å². The Labute approximate surface area is 71.1 Å². The highest BCUT2D eigenvalue weighted by Crippen LogP contribution is 2.13. The van der Waals surface area contributed by atoms with Crippen molar-refractivity contribution in [2.45, 2.75) is 0 Å². The Kier molecular flexibility index (Phi) is 2.69. The van der Waals surface area contributed by atoms with Gasteiger partial charge in [-0.1, -0.05) is 12.2 Å². The van der Waals surface area contributed by atoms with E-state index < -0.39 is 0 Å². The van der Waals surface area contributed by atoms with E-state index in [0.717, 1.165) is 0 Å². The van der Waals surface area contributed by atoms with Crippen molar-refractivity contribution in [3.05, 3.63) is 35.8 Å². The largest absolute Gasteiger partial charge is 0.511 e. The van der Waals surface area contributed by atoms with E-state index in [4.69, 9.17) is 5.11 Å². The van der Waals surface area contributed by atoms with Gasteiger partial charge in [0.05, 0.1) is 5.92 Å². The van der Waals surface area contributed by atoms with Gasteiger partial charge in [0.2, 0.25) is 0 Å². The van der Waals surface area contributed by atoms with Gasteiger partial charge in [0.25, 0.3) is 0 Å². The normalized spacial score (nSPS) is 23.6. The SMILES string of the molecule is CN=CC1C=CC=C(O)C=C1O. The summed E-state index contributed by atoms with van der Waals surface area (Å²) in [4.78, 5) is 3.79. The van der Waals surface area contributed by atoms with Crippen LogP contribution in [0.4, 0.5) is 0 Å². The van der Waals surface area contributed by atoms with Gasteiger partial charge in [-0.25, -0.2) is 0 Å². The first-order valence-electron chi connectivity index (χ1n) is 3.64. The number of hydrogen-bond acceptors (Lipinski definition) is 3. The Morgan fingerprint density at radius 2 is 2.25 bits per heavy atom. The average Bonchev–Trinajstić information content (AvgIpc) is 2.15. The Morgan fingerprint density at radius 3 is 2.92 bits per heavy atom. The Hall–Kier alpha value is -1.51. The molecule has 0 aromatic carbocycles. The minimum Gasteiger partial charge on any atom is -0.511 e. The van der Waals surface area contributed by atoms with Crippen LogP contribution in [0.3, 0.4) is 0 Å². The highest BCUT2D eigenvalue weighted by atomic mass is 16.3. The van der Waals surface area contributed by atoms with Crippen LogP contribution in [0.5, 0.6) is 0 Å². The van der Waals surface area contributed by atoms with Gasteiger partial charge in [-0.05, 0) is 6.08 Å². The Balaban J connectivity index is 2.89. The summed E-state index contributed by atoms with van der Waals surface area (Å²) in [5, 5.41) is 18.4. The molecule has 64 valence electrons. The number of rotatable bonds is 1. The zero-order valence-corrected chi connectivity index (χ0v) is 6.81. The number of nitrogens with zero attached hydrogens (tertiary/aromatic N) is 1. The molecule has 1 aliphatic carbocycles. The van der Waals surface area contributed by atoms with Crippen LogP contribution < -0.4 is 0 Å². The maximum Gasteiger partial charge on any atom is 0.118 e. The van der Waals surface area contributed by atoms with Crippen LogP contribution in [0.2, 0.25) is 0 Å². The third kappa shape index (κ3) is 1.99. The first-order chi connectivity index (χ1) is 5.74. The maximum atomic E-state index is 9.37. The summed E-state index contributed by atoms with van der Waals surface area (Å²) in [6.45, 7) is 0. The second kappa shape index (κ2) is 3.76. The minimum absolute atomic E-state index is 0.0516. The van der Waals surface area contributed by atoms with E-state index in [1.54, 1.807) is 25.4 Å². The van der Waals surface area contributed by atoms with Crippen molar-refractivity contribution in [2.24, 2.45) is 10.9 Å². The predicted octanol–water partition coefficient (Wildman–Crippen LogP) is 1.76. The van der Waals surface area contributed by atoms with Gasteiger partial charge in [0.15, 0.2) is 0 Å². The third-order valence-electron chi connectivity index (χ3n) is 1.53. The van der Waals surface area contributed by atoms with Crippen molar-refractivity contribution in [3.8, 4) is 0 Å². The molecule has 1 unspecified atom stereocenters. The molecule has 0 aliphatic heterocycles. The van der Waals surface area contributed by atoms with Crippen LogP contribution in [0.1, 0.15) is 0 Å². The number of aliphatic hydroxyl groups is 2. The summed E-state index contributed by atoms with van der Waals surface area (Å²) in [6.07, 6.45) is 7.87. The van der Waals surface area contributed by atoms with Gasteiger partial charge >= 0.3 is 0 Å². The molecule has 0 saturated heterocycles. The van der Waals surface area contributed by atoms with Gasteiger partial charge < -0.3 is 10.2 Å². The molecule has 1 rings (SSSR count). The average molecular weight is 165 g/mol. The molecule has 12 heavy (non-hydrogen) atoms. The van der Waals surface area contributed by atoms with E-state index in [1.165, 1.54) is 12.2 Å². The van der Waals surface area contributed by atoms with Gasteiger partial charge in [-0.3, -0.25) is 4.99 Å². The van der Waals surface area contributed by atoms with Crippen molar-refractivity contribution in [1.82, 2.24) is 0 Å². The molecule has 3 heteroatoms. The van der Waals surface area contributed by atoms with Gasteiger partial charge in [0.1, 0.15) is 11.5 Å². The van der Waals surface area contributed by atoms with E-state index in [9.17, 15) is 5.11 Å². The monoisotopic (exact) mass is 165 g/mol. The summed E-state index contributed by atoms with van der Waals surface area (Å²) in [5.41, 5.74) is 0. The summed E-state index contributed by atoms with van der Waals surface area (Å²) >= 11 is 0. The number of aliphatic hydroxyl groups excluding tert-OH is 2. The molecule has 0 heterocycles. The smallest absolute Gasteiger partial charge is 0.118 e. The van der Waals surface area contributed by atoms with E-state index >= 15 is 0 Å². The molecule has 3 nitrogen and oxygen atoms in total. The lowest BCUT2D eigenvalue weighted by molar-refractivity contribution is 0.372. The fraction of sp³-hybridized carbons (Fsp3) is 0.222. The molecule has 0 aromatic heterocycles.